The number of hydrogen-bond donors (Lipinski definition) is 1. The number of carbonyl (C=O) groups is 2. The molecule has 0 saturated carbocycles. The van der Waals surface area contributed by atoms with Crippen LogP contribution in [0.2, 0.25) is 0 Å². The minimum atomic E-state index is -0.984. The summed E-state index contributed by atoms with van der Waals surface area (Å²) < 4.78 is 1.22. The Morgan fingerprint density at radius 1 is 0.875 bits per heavy atom. The van der Waals surface area contributed by atoms with Crippen molar-refractivity contribution in [2.45, 2.75) is 12.5 Å². The van der Waals surface area contributed by atoms with Crippen molar-refractivity contribution in [1.29, 1.82) is 0 Å². The van der Waals surface area contributed by atoms with Crippen LogP contribution < -0.4 is 5.56 Å². The van der Waals surface area contributed by atoms with Gasteiger partial charge in [-0.3, -0.25) is 14.4 Å². The fraction of sp³-hybridized carbons (Fsp3) is 0.120. The van der Waals surface area contributed by atoms with Crippen LogP contribution in [0.25, 0.3) is 16.5 Å². The number of nitrogens with zero attached hydrogens (tertiary/aromatic N) is 3. The molecule has 0 radical (unpaired) electrons. The van der Waals surface area contributed by atoms with Gasteiger partial charge in [0.15, 0.2) is 5.69 Å². The van der Waals surface area contributed by atoms with Crippen LogP contribution in [0.15, 0.2) is 83.7 Å². The van der Waals surface area contributed by atoms with Crippen molar-refractivity contribution in [1.82, 2.24) is 14.7 Å². The number of para-hydroxylation sites is 1. The molecule has 7 heteroatoms. The van der Waals surface area contributed by atoms with Crippen LogP contribution in [0.1, 0.15) is 27.5 Å². The third-order valence-electron chi connectivity index (χ3n) is 5.79. The summed E-state index contributed by atoms with van der Waals surface area (Å²) in [6.45, 7) is 0.310. The van der Waals surface area contributed by atoms with Gasteiger partial charge >= 0.3 is 5.97 Å². The molecule has 0 spiro atoms. The fourth-order valence-electron chi connectivity index (χ4n) is 4.21. The summed E-state index contributed by atoms with van der Waals surface area (Å²) >= 11 is 0. The molecule has 1 atom stereocenters. The molecule has 4 aromatic rings. The number of amides is 1. The second kappa shape index (κ2) is 7.77. The third kappa shape index (κ3) is 3.24. The Morgan fingerprint density at radius 2 is 1.53 bits per heavy atom. The monoisotopic (exact) mass is 425 g/mol. The molecule has 1 unspecified atom stereocenters. The number of carboxylic acid groups (broad SMARTS) is 1. The Balaban J connectivity index is 1.65. The second-order valence-corrected chi connectivity index (χ2v) is 7.72. The van der Waals surface area contributed by atoms with E-state index in [1.165, 1.54) is 9.58 Å². The average Bonchev–Trinajstić information content (AvgIpc) is 2.84. The Morgan fingerprint density at radius 3 is 2.28 bits per heavy atom. The highest BCUT2D eigenvalue weighted by atomic mass is 16.4. The molecule has 32 heavy (non-hydrogen) atoms. The molecule has 1 aromatic heterocycles. The van der Waals surface area contributed by atoms with Gasteiger partial charge in [0.05, 0.1) is 17.0 Å². The third-order valence-corrected chi connectivity index (χ3v) is 5.79. The van der Waals surface area contributed by atoms with Gasteiger partial charge in [0.25, 0.3) is 11.5 Å². The Bertz CT molecular complexity index is 1410. The van der Waals surface area contributed by atoms with Gasteiger partial charge in [-0.05, 0) is 29.3 Å². The molecule has 1 aliphatic heterocycles. The first-order chi connectivity index (χ1) is 15.5. The van der Waals surface area contributed by atoms with Crippen LogP contribution in [0.4, 0.5) is 0 Å². The molecule has 7 nitrogen and oxygen atoms in total. The average molecular weight is 425 g/mol. The van der Waals surface area contributed by atoms with Gasteiger partial charge in [-0.1, -0.05) is 60.7 Å². The van der Waals surface area contributed by atoms with E-state index in [0.717, 1.165) is 11.1 Å². The van der Waals surface area contributed by atoms with Crippen molar-refractivity contribution in [2.75, 3.05) is 6.54 Å². The van der Waals surface area contributed by atoms with Crippen LogP contribution in [0.5, 0.6) is 0 Å². The van der Waals surface area contributed by atoms with E-state index in [1.807, 2.05) is 18.2 Å². The maximum Gasteiger partial charge on any atom is 0.312 e. The molecule has 1 N–H and O–H groups in total. The van der Waals surface area contributed by atoms with E-state index in [0.29, 0.717) is 16.5 Å². The maximum absolute atomic E-state index is 13.6. The minimum absolute atomic E-state index is 0.0334. The summed E-state index contributed by atoms with van der Waals surface area (Å²) in [4.78, 5) is 40.1. The van der Waals surface area contributed by atoms with Gasteiger partial charge in [-0.25, -0.2) is 0 Å². The molecule has 0 fully saturated rings. The van der Waals surface area contributed by atoms with Gasteiger partial charge in [0, 0.05) is 18.5 Å². The molecule has 3 aromatic carbocycles. The highest BCUT2D eigenvalue weighted by Gasteiger charge is 2.34. The smallest absolute Gasteiger partial charge is 0.312 e. The summed E-state index contributed by atoms with van der Waals surface area (Å²) in [5, 5.41) is 15.0. The van der Waals surface area contributed by atoms with Crippen LogP contribution in [0, 0.1) is 0 Å². The van der Waals surface area contributed by atoms with Gasteiger partial charge < -0.3 is 10.0 Å². The summed E-state index contributed by atoms with van der Waals surface area (Å²) in [5.41, 5.74) is 1.85. The van der Waals surface area contributed by atoms with Crippen LogP contribution in [-0.2, 0) is 11.3 Å². The molecule has 1 aliphatic rings. The number of carbonyl (C=O) groups excluding carboxylic acids is 1. The predicted octanol–water partition coefficient (Wildman–Crippen LogP) is 3.21. The van der Waals surface area contributed by atoms with Crippen molar-refractivity contribution in [3.05, 3.63) is 106 Å². The van der Waals surface area contributed by atoms with Crippen LogP contribution >= 0.6 is 0 Å². The normalized spacial score (nSPS) is 15.4. The van der Waals surface area contributed by atoms with E-state index in [2.05, 4.69) is 5.10 Å². The lowest BCUT2D eigenvalue weighted by Gasteiger charge is -2.32. The van der Waals surface area contributed by atoms with Crippen molar-refractivity contribution in [3.63, 3.8) is 0 Å². The molecule has 158 valence electrons. The summed E-state index contributed by atoms with van der Waals surface area (Å²) in [7, 11) is 0. The van der Waals surface area contributed by atoms with E-state index in [4.69, 9.17) is 0 Å². The number of carboxylic acids is 1. The van der Waals surface area contributed by atoms with Crippen molar-refractivity contribution in [2.24, 2.45) is 0 Å². The second-order valence-electron chi connectivity index (χ2n) is 7.72. The van der Waals surface area contributed by atoms with Crippen LogP contribution in [-0.4, -0.2) is 38.2 Å². The Hall–Kier alpha value is -4.26. The van der Waals surface area contributed by atoms with Gasteiger partial charge in [0.2, 0.25) is 0 Å². The fourth-order valence-corrected chi connectivity index (χ4v) is 4.21. The van der Waals surface area contributed by atoms with Crippen molar-refractivity contribution in [3.8, 4) is 5.69 Å². The molecule has 0 aliphatic carbocycles. The number of rotatable bonds is 3. The summed E-state index contributed by atoms with van der Waals surface area (Å²) in [6.07, 6.45) is 0. The number of fused-ring (bicyclic) bond motifs is 2. The molecular weight excluding hydrogens is 406 g/mol. The first-order valence-electron chi connectivity index (χ1n) is 10.2. The highest BCUT2D eigenvalue weighted by Crippen LogP contribution is 2.30. The number of aromatic nitrogens is 2. The summed E-state index contributed by atoms with van der Waals surface area (Å²) in [5.74, 6) is -2.22. The largest absolute Gasteiger partial charge is 0.481 e. The number of aliphatic carboxylic acids is 1. The van der Waals surface area contributed by atoms with Crippen molar-refractivity contribution < 1.29 is 14.7 Å². The standard InChI is InChI=1S/C25H19N3O4/c29-23-20-13-7-6-12-19(20)22(26-28(23)17-9-2-1-3-10-17)24(30)27-14-16-8-4-5-11-18(16)21(15-27)25(31)32/h1-13,21H,14-15H2,(H,31,32). The predicted molar refractivity (Wildman–Crippen MR) is 119 cm³/mol. The SMILES string of the molecule is O=C(O)C1CN(C(=O)c2nn(-c3ccccc3)c(=O)c3ccccc23)Cc2ccccc21. The van der Waals surface area contributed by atoms with E-state index in [1.54, 1.807) is 60.7 Å². The van der Waals surface area contributed by atoms with E-state index >= 15 is 0 Å². The zero-order valence-corrected chi connectivity index (χ0v) is 17.0. The van der Waals surface area contributed by atoms with E-state index in [9.17, 15) is 19.5 Å². The number of hydrogen-bond acceptors (Lipinski definition) is 4. The van der Waals surface area contributed by atoms with E-state index < -0.39 is 17.8 Å². The molecule has 2 heterocycles. The molecule has 0 bridgehead atoms. The lowest BCUT2D eigenvalue weighted by Crippen LogP contribution is -2.41. The van der Waals surface area contributed by atoms with Gasteiger partial charge in [0.1, 0.15) is 0 Å². The lowest BCUT2D eigenvalue weighted by molar-refractivity contribution is -0.139. The van der Waals surface area contributed by atoms with E-state index in [-0.39, 0.29) is 24.3 Å². The maximum atomic E-state index is 13.6. The summed E-state index contributed by atoms with van der Waals surface area (Å²) in [6, 6.07) is 23.0. The van der Waals surface area contributed by atoms with Gasteiger partial charge in [-0.2, -0.15) is 9.78 Å². The van der Waals surface area contributed by atoms with Crippen LogP contribution in [0.3, 0.4) is 0 Å². The number of benzene rings is 3. The van der Waals surface area contributed by atoms with Gasteiger partial charge in [-0.15, -0.1) is 0 Å². The quantitative estimate of drug-likeness (QED) is 0.544. The molecule has 1 amide bonds. The Kier molecular flexibility index (Phi) is 4.78. The highest BCUT2D eigenvalue weighted by molar-refractivity contribution is 6.05. The topological polar surface area (TPSA) is 92.5 Å². The lowest BCUT2D eigenvalue weighted by atomic mass is 9.89. The Labute approximate surface area is 183 Å². The van der Waals surface area contributed by atoms with Crippen molar-refractivity contribution >= 4 is 22.6 Å². The molecular formula is C25H19N3O4. The first kappa shape index (κ1) is 19.7. The molecule has 0 saturated heterocycles. The minimum Gasteiger partial charge on any atom is -0.481 e. The first-order valence-corrected chi connectivity index (χ1v) is 10.2. The zero-order chi connectivity index (χ0) is 22.2. The zero-order valence-electron chi connectivity index (χ0n) is 17.0. The molecule has 5 rings (SSSR count).